The van der Waals surface area contributed by atoms with Gasteiger partial charge in [-0.2, -0.15) is 0 Å². The van der Waals surface area contributed by atoms with Crippen LogP contribution in [0.3, 0.4) is 0 Å². The normalized spacial score (nSPS) is 12.6. The maximum atomic E-state index is 14.2. The number of hydrogen-bond donors (Lipinski definition) is 1. The second kappa shape index (κ2) is 14.9. The smallest absolute Gasteiger partial charge is 0.264 e. The van der Waals surface area contributed by atoms with E-state index in [0.29, 0.717) is 29.2 Å². The van der Waals surface area contributed by atoms with Gasteiger partial charge in [-0.1, -0.05) is 61.8 Å². The molecule has 9 nitrogen and oxygen atoms in total. The maximum Gasteiger partial charge on any atom is 0.264 e. The van der Waals surface area contributed by atoms with E-state index in [4.69, 9.17) is 21.1 Å². The molecule has 0 spiro atoms. The van der Waals surface area contributed by atoms with Crippen LogP contribution in [0.25, 0.3) is 0 Å². The lowest BCUT2D eigenvalue weighted by Gasteiger charge is -2.34. The number of methoxy groups -OCH3 is 2. The molecule has 0 saturated carbocycles. The standard InChI is InChI=1S/C31H38ClN3O6S/c1-6-22(3)33-31(37)27(7-2)34(20-23-13-11-12-16-26(23)32)30(36)21-35(24-14-9-8-10-15-24)42(38,39)25-17-18-28(40-4)29(19-25)41-5/h8-19,22,27H,6-7,20-21H2,1-5H3,(H,33,37)/t22-,27+/m0/s1. The number of sulfonamides is 1. The summed E-state index contributed by atoms with van der Waals surface area (Å²) in [6, 6.07) is 18.7. The average Bonchev–Trinajstić information content (AvgIpc) is 3.00. The van der Waals surface area contributed by atoms with E-state index < -0.39 is 28.5 Å². The van der Waals surface area contributed by atoms with Crippen LogP contribution in [0, 0.1) is 0 Å². The lowest BCUT2D eigenvalue weighted by molar-refractivity contribution is -0.140. The van der Waals surface area contributed by atoms with Crippen molar-refractivity contribution in [3.63, 3.8) is 0 Å². The van der Waals surface area contributed by atoms with Gasteiger partial charge in [0, 0.05) is 23.7 Å². The van der Waals surface area contributed by atoms with Crippen LogP contribution in [0.15, 0.2) is 77.7 Å². The van der Waals surface area contributed by atoms with E-state index in [1.165, 1.54) is 37.3 Å². The number of carbonyl (C=O) groups excluding carboxylic acids is 2. The summed E-state index contributed by atoms with van der Waals surface area (Å²) in [6.07, 6.45) is 1.03. The third-order valence-corrected chi connectivity index (χ3v) is 9.09. The van der Waals surface area contributed by atoms with Gasteiger partial charge >= 0.3 is 0 Å². The molecule has 226 valence electrons. The van der Waals surface area contributed by atoms with E-state index in [1.54, 1.807) is 54.6 Å². The summed E-state index contributed by atoms with van der Waals surface area (Å²) in [6.45, 7) is 5.11. The van der Waals surface area contributed by atoms with E-state index >= 15 is 0 Å². The van der Waals surface area contributed by atoms with E-state index in [1.807, 2.05) is 20.8 Å². The van der Waals surface area contributed by atoms with E-state index in [-0.39, 0.29) is 34.8 Å². The Morgan fingerprint density at radius 2 is 1.55 bits per heavy atom. The van der Waals surface area contributed by atoms with Crippen LogP contribution in [0.2, 0.25) is 5.02 Å². The van der Waals surface area contributed by atoms with Crippen molar-refractivity contribution >= 4 is 39.1 Å². The highest BCUT2D eigenvalue weighted by Crippen LogP contribution is 2.32. The fraction of sp³-hybridized carbons (Fsp3) is 0.355. The van der Waals surface area contributed by atoms with Crippen molar-refractivity contribution in [2.45, 2.75) is 57.1 Å². The lowest BCUT2D eigenvalue weighted by atomic mass is 10.1. The number of nitrogens with one attached hydrogen (secondary N) is 1. The van der Waals surface area contributed by atoms with Crippen molar-refractivity contribution in [2.24, 2.45) is 0 Å². The first-order chi connectivity index (χ1) is 20.1. The summed E-state index contributed by atoms with van der Waals surface area (Å²) >= 11 is 6.45. The Morgan fingerprint density at radius 1 is 0.905 bits per heavy atom. The first-order valence-electron chi connectivity index (χ1n) is 13.7. The van der Waals surface area contributed by atoms with Crippen molar-refractivity contribution < 1.29 is 27.5 Å². The number of amides is 2. The first-order valence-corrected chi connectivity index (χ1v) is 15.5. The number of hydrogen-bond acceptors (Lipinski definition) is 6. The third-order valence-electron chi connectivity index (χ3n) is 6.95. The molecule has 3 aromatic rings. The maximum absolute atomic E-state index is 14.2. The van der Waals surface area contributed by atoms with Gasteiger partial charge in [-0.05, 0) is 55.7 Å². The molecule has 2 amide bonds. The van der Waals surface area contributed by atoms with E-state index in [2.05, 4.69) is 5.32 Å². The highest BCUT2D eigenvalue weighted by Gasteiger charge is 2.34. The number of halogens is 1. The Labute approximate surface area is 253 Å². The van der Waals surface area contributed by atoms with Crippen LogP contribution in [-0.4, -0.2) is 58.0 Å². The van der Waals surface area contributed by atoms with Gasteiger partial charge in [0.25, 0.3) is 10.0 Å². The molecule has 2 atom stereocenters. The molecule has 3 rings (SSSR count). The monoisotopic (exact) mass is 615 g/mol. The molecule has 0 aliphatic carbocycles. The van der Waals surface area contributed by atoms with Crippen molar-refractivity contribution in [3.8, 4) is 11.5 Å². The predicted molar refractivity (Wildman–Crippen MR) is 164 cm³/mol. The molecule has 0 saturated heterocycles. The van der Waals surface area contributed by atoms with Crippen LogP contribution >= 0.6 is 11.6 Å². The Balaban J connectivity index is 2.08. The summed E-state index contributed by atoms with van der Waals surface area (Å²) in [4.78, 5) is 28.8. The molecule has 0 unspecified atom stereocenters. The van der Waals surface area contributed by atoms with Crippen molar-refractivity contribution in [1.82, 2.24) is 10.2 Å². The molecule has 0 aliphatic rings. The van der Waals surface area contributed by atoms with Crippen LogP contribution in [0.1, 0.15) is 39.2 Å². The molecule has 0 fully saturated rings. The van der Waals surface area contributed by atoms with Gasteiger partial charge < -0.3 is 19.7 Å². The van der Waals surface area contributed by atoms with Crippen LogP contribution < -0.4 is 19.1 Å². The molecule has 3 aromatic carbocycles. The van der Waals surface area contributed by atoms with Gasteiger partial charge in [0.2, 0.25) is 11.8 Å². The largest absolute Gasteiger partial charge is 0.493 e. The fourth-order valence-corrected chi connectivity index (χ4v) is 6.02. The Kier molecular flexibility index (Phi) is 11.6. The lowest BCUT2D eigenvalue weighted by Crippen LogP contribution is -2.53. The number of anilines is 1. The molecule has 0 aromatic heterocycles. The minimum atomic E-state index is -4.27. The van der Waals surface area contributed by atoms with Crippen LogP contribution in [0.4, 0.5) is 5.69 Å². The van der Waals surface area contributed by atoms with Gasteiger partial charge in [-0.3, -0.25) is 13.9 Å². The van der Waals surface area contributed by atoms with Crippen LogP contribution in [-0.2, 0) is 26.2 Å². The van der Waals surface area contributed by atoms with Gasteiger partial charge in [0.05, 0.1) is 24.8 Å². The first kappa shape index (κ1) is 32.8. The van der Waals surface area contributed by atoms with Crippen LogP contribution in [0.5, 0.6) is 11.5 Å². The Hall–Kier alpha value is -3.76. The van der Waals surface area contributed by atoms with E-state index in [9.17, 15) is 18.0 Å². The average molecular weight is 616 g/mol. The third kappa shape index (κ3) is 7.74. The number of benzene rings is 3. The zero-order chi connectivity index (χ0) is 30.9. The molecule has 42 heavy (non-hydrogen) atoms. The highest BCUT2D eigenvalue weighted by atomic mass is 35.5. The summed E-state index contributed by atoms with van der Waals surface area (Å²) in [5, 5.41) is 3.39. The number of ether oxygens (including phenoxy) is 2. The number of carbonyl (C=O) groups is 2. The number of nitrogens with zero attached hydrogens (tertiary/aromatic N) is 2. The summed E-state index contributed by atoms with van der Waals surface area (Å²) in [7, 11) is -1.41. The number of para-hydroxylation sites is 1. The van der Waals surface area contributed by atoms with Gasteiger partial charge in [0.15, 0.2) is 11.5 Å². The number of rotatable bonds is 14. The predicted octanol–water partition coefficient (Wildman–Crippen LogP) is 5.27. The molecule has 0 heterocycles. The summed E-state index contributed by atoms with van der Waals surface area (Å²) < 4.78 is 39.8. The SMILES string of the molecule is CC[C@H](C(=O)N[C@@H](C)CC)N(Cc1ccccc1Cl)C(=O)CN(c1ccccc1)S(=O)(=O)c1ccc(OC)c(OC)c1. The van der Waals surface area contributed by atoms with Crippen molar-refractivity contribution in [2.75, 3.05) is 25.1 Å². The second-order valence-corrected chi connectivity index (χ2v) is 12.0. The van der Waals surface area contributed by atoms with Crippen molar-refractivity contribution in [1.29, 1.82) is 0 Å². The zero-order valence-corrected chi connectivity index (χ0v) is 26.1. The topological polar surface area (TPSA) is 105 Å². The molecule has 0 aliphatic heterocycles. The van der Waals surface area contributed by atoms with Gasteiger partial charge in [0.1, 0.15) is 12.6 Å². The molecule has 0 bridgehead atoms. The summed E-state index contributed by atoms with van der Waals surface area (Å²) in [5.41, 5.74) is 0.923. The highest BCUT2D eigenvalue weighted by molar-refractivity contribution is 7.92. The van der Waals surface area contributed by atoms with Crippen molar-refractivity contribution in [3.05, 3.63) is 83.4 Å². The second-order valence-electron chi connectivity index (χ2n) is 9.72. The summed E-state index contributed by atoms with van der Waals surface area (Å²) in [5.74, 6) is -0.288. The molecular weight excluding hydrogens is 578 g/mol. The Bertz CT molecular complexity index is 1470. The van der Waals surface area contributed by atoms with Gasteiger partial charge in [-0.25, -0.2) is 8.42 Å². The molecular formula is C31H38ClN3O6S. The molecule has 0 radical (unpaired) electrons. The molecule has 1 N–H and O–H groups in total. The minimum absolute atomic E-state index is 0.0178. The minimum Gasteiger partial charge on any atom is -0.493 e. The molecule has 11 heteroatoms. The van der Waals surface area contributed by atoms with Gasteiger partial charge in [-0.15, -0.1) is 0 Å². The quantitative estimate of drug-likeness (QED) is 0.265. The fourth-order valence-electron chi connectivity index (χ4n) is 4.40. The zero-order valence-electron chi connectivity index (χ0n) is 24.5. The Morgan fingerprint density at radius 3 is 2.14 bits per heavy atom. The van der Waals surface area contributed by atoms with E-state index in [0.717, 1.165) is 4.31 Å².